The lowest BCUT2D eigenvalue weighted by Crippen LogP contribution is -3.11. The van der Waals surface area contributed by atoms with Crippen molar-refractivity contribution in [1.29, 1.82) is 0 Å². The number of nitrogens with zero attached hydrogens (tertiary/aromatic N) is 1. The number of amides is 1. The molecule has 0 saturated carbocycles. The summed E-state index contributed by atoms with van der Waals surface area (Å²) in [5.41, 5.74) is 2.49. The van der Waals surface area contributed by atoms with Crippen LogP contribution in [-0.2, 0) is 17.9 Å². The van der Waals surface area contributed by atoms with Crippen LogP contribution in [0.15, 0.2) is 53.4 Å². The number of piperidine rings is 1. The predicted molar refractivity (Wildman–Crippen MR) is 115 cm³/mol. The highest BCUT2D eigenvalue weighted by Crippen LogP contribution is 2.25. The van der Waals surface area contributed by atoms with Gasteiger partial charge >= 0.3 is 0 Å². The van der Waals surface area contributed by atoms with Gasteiger partial charge in [0.1, 0.15) is 6.54 Å². The molecule has 6 nitrogen and oxygen atoms in total. The van der Waals surface area contributed by atoms with Crippen molar-refractivity contribution < 1.29 is 14.6 Å². The molecule has 1 heterocycles. The van der Waals surface area contributed by atoms with Crippen LogP contribution in [0.25, 0.3) is 0 Å². The van der Waals surface area contributed by atoms with Gasteiger partial charge in [-0.3, -0.25) is 14.9 Å². The van der Waals surface area contributed by atoms with Crippen molar-refractivity contribution in [2.75, 3.05) is 13.1 Å². The van der Waals surface area contributed by atoms with E-state index in [2.05, 4.69) is 29.6 Å². The first-order valence-electron chi connectivity index (χ1n) is 10.1. The van der Waals surface area contributed by atoms with Crippen molar-refractivity contribution in [2.45, 2.75) is 49.4 Å². The van der Waals surface area contributed by atoms with E-state index >= 15 is 0 Å². The summed E-state index contributed by atoms with van der Waals surface area (Å²) in [6, 6.07) is 14.8. The van der Waals surface area contributed by atoms with E-state index in [1.165, 1.54) is 61.8 Å². The van der Waals surface area contributed by atoms with Crippen LogP contribution in [0.2, 0.25) is 0 Å². The second-order valence-electron chi connectivity index (χ2n) is 7.53. The number of nitrogens with one attached hydrogen (secondary N) is 2. The molecule has 0 unspecified atom stereocenters. The van der Waals surface area contributed by atoms with E-state index < -0.39 is 4.92 Å². The lowest BCUT2D eigenvalue weighted by Gasteiger charge is -2.23. The van der Waals surface area contributed by atoms with Gasteiger partial charge in [-0.05, 0) is 43.9 Å². The van der Waals surface area contributed by atoms with Crippen molar-refractivity contribution in [1.82, 2.24) is 5.32 Å². The van der Waals surface area contributed by atoms with E-state index in [0.717, 1.165) is 17.0 Å². The molecule has 1 aliphatic heterocycles. The molecule has 1 aliphatic rings. The van der Waals surface area contributed by atoms with Crippen LogP contribution in [0.5, 0.6) is 0 Å². The van der Waals surface area contributed by atoms with Gasteiger partial charge in [-0.2, -0.15) is 0 Å². The van der Waals surface area contributed by atoms with Gasteiger partial charge in [0.25, 0.3) is 5.69 Å². The number of hydrogen-bond acceptors (Lipinski definition) is 4. The first-order chi connectivity index (χ1) is 14.0. The third-order valence-corrected chi connectivity index (χ3v) is 6.35. The van der Waals surface area contributed by atoms with Crippen molar-refractivity contribution in [2.24, 2.45) is 0 Å². The number of rotatable bonds is 8. The lowest BCUT2D eigenvalue weighted by molar-refractivity contribution is -0.918. The quantitative estimate of drug-likeness (QED) is 0.396. The summed E-state index contributed by atoms with van der Waals surface area (Å²) < 4.78 is 0. The molecule has 2 aromatic carbocycles. The van der Waals surface area contributed by atoms with E-state index in [0.29, 0.717) is 6.54 Å². The molecular formula is C22H28N3O3S+. The summed E-state index contributed by atoms with van der Waals surface area (Å²) in [6.45, 7) is 5.95. The Balaban J connectivity index is 1.44. The molecule has 0 aliphatic carbocycles. The highest BCUT2D eigenvalue weighted by Gasteiger charge is 2.16. The van der Waals surface area contributed by atoms with Crippen LogP contribution < -0.4 is 10.2 Å². The Kier molecular flexibility index (Phi) is 7.66. The largest absolute Gasteiger partial charge is 0.351 e. The first-order valence-corrected chi connectivity index (χ1v) is 11.0. The molecule has 1 amide bonds. The smallest absolute Gasteiger partial charge is 0.269 e. The van der Waals surface area contributed by atoms with Gasteiger partial charge < -0.3 is 10.2 Å². The topological polar surface area (TPSA) is 76.7 Å². The lowest BCUT2D eigenvalue weighted by atomic mass is 10.1. The average Bonchev–Trinajstić information content (AvgIpc) is 2.74. The molecular weight excluding hydrogens is 386 g/mol. The minimum atomic E-state index is -0.427. The van der Waals surface area contributed by atoms with E-state index in [-0.39, 0.29) is 16.8 Å². The number of carbonyl (C=O) groups excluding carboxylic acids is 1. The fraction of sp³-hybridized carbons (Fsp3) is 0.409. The number of likely N-dealkylation sites (tertiary alicyclic amines) is 1. The standard InChI is InChI=1S/C22H27N3O3S/c1-17(29-21-11-9-20(10-12-21)25(27)28)22(26)23-15-18-5-7-19(8-6-18)16-24-13-3-2-4-14-24/h5-12,17H,2-4,13-16H2,1H3,(H,23,26)/p+1/t17-/m0/s1. The Bertz CT molecular complexity index is 818. The summed E-state index contributed by atoms with van der Waals surface area (Å²) in [6.07, 6.45) is 4.02. The summed E-state index contributed by atoms with van der Waals surface area (Å²) in [5, 5.41) is 13.4. The summed E-state index contributed by atoms with van der Waals surface area (Å²) in [5.74, 6) is -0.0461. The van der Waals surface area contributed by atoms with Crippen LogP contribution in [0.1, 0.15) is 37.3 Å². The summed E-state index contributed by atoms with van der Waals surface area (Å²) in [7, 11) is 0. The molecule has 0 aromatic heterocycles. The number of quaternary nitrogens is 1. The number of thioether (sulfide) groups is 1. The van der Waals surface area contributed by atoms with Gasteiger partial charge in [-0.25, -0.2) is 0 Å². The van der Waals surface area contributed by atoms with E-state index in [4.69, 9.17) is 0 Å². The van der Waals surface area contributed by atoms with Crippen LogP contribution in [0.3, 0.4) is 0 Å². The van der Waals surface area contributed by atoms with Crippen LogP contribution in [0.4, 0.5) is 5.69 Å². The Morgan fingerprint density at radius 3 is 2.31 bits per heavy atom. The number of hydrogen-bond donors (Lipinski definition) is 2. The number of non-ortho nitro benzene ring substituents is 1. The Morgan fingerprint density at radius 2 is 1.69 bits per heavy atom. The normalized spacial score (nSPS) is 15.6. The molecule has 7 heteroatoms. The van der Waals surface area contributed by atoms with Crippen molar-refractivity contribution in [3.05, 3.63) is 69.8 Å². The molecule has 2 N–H and O–H groups in total. The zero-order chi connectivity index (χ0) is 20.6. The minimum Gasteiger partial charge on any atom is -0.351 e. The predicted octanol–water partition coefficient (Wildman–Crippen LogP) is 2.96. The number of carbonyl (C=O) groups is 1. The van der Waals surface area contributed by atoms with E-state index in [1.807, 2.05) is 6.92 Å². The molecule has 0 spiro atoms. The van der Waals surface area contributed by atoms with Crippen molar-refractivity contribution >= 4 is 23.4 Å². The zero-order valence-corrected chi connectivity index (χ0v) is 17.5. The maximum Gasteiger partial charge on any atom is 0.269 e. The highest BCUT2D eigenvalue weighted by molar-refractivity contribution is 8.00. The van der Waals surface area contributed by atoms with Gasteiger partial charge in [0.15, 0.2) is 0 Å². The highest BCUT2D eigenvalue weighted by atomic mass is 32.2. The molecule has 1 saturated heterocycles. The molecule has 154 valence electrons. The SMILES string of the molecule is C[C@H](Sc1ccc([N+](=O)[O-])cc1)C(=O)NCc1ccc(C[NH+]2CCCCC2)cc1. The molecule has 0 radical (unpaired) electrons. The maximum atomic E-state index is 12.4. The molecule has 3 rings (SSSR count). The number of benzene rings is 2. The first kappa shape index (κ1) is 21.3. The maximum absolute atomic E-state index is 12.4. The summed E-state index contributed by atoms with van der Waals surface area (Å²) >= 11 is 1.39. The molecule has 29 heavy (non-hydrogen) atoms. The summed E-state index contributed by atoms with van der Waals surface area (Å²) in [4.78, 5) is 25.2. The molecule has 1 atom stereocenters. The Hall–Kier alpha value is -2.38. The molecule has 2 aromatic rings. The monoisotopic (exact) mass is 414 g/mol. The van der Waals surface area contributed by atoms with E-state index in [9.17, 15) is 14.9 Å². The van der Waals surface area contributed by atoms with Crippen molar-refractivity contribution in [3.63, 3.8) is 0 Å². The van der Waals surface area contributed by atoms with Crippen LogP contribution in [0, 0.1) is 10.1 Å². The molecule has 1 fully saturated rings. The fourth-order valence-electron chi connectivity index (χ4n) is 3.53. The van der Waals surface area contributed by atoms with Gasteiger partial charge in [0.05, 0.1) is 23.3 Å². The van der Waals surface area contributed by atoms with Gasteiger partial charge in [-0.1, -0.05) is 24.3 Å². The minimum absolute atomic E-state index is 0.0461. The van der Waals surface area contributed by atoms with Gasteiger partial charge in [0.2, 0.25) is 5.91 Å². The van der Waals surface area contributed by atoms with Gasteiger partial charge in [0, 0.05) is 29.1 Å². The average molecular weight is 415 g/mol. The number of nitro groups is 1. The second kappa shape index (κ2) is 10.4. The molecule has 0 bridgehead atoms. The third kappa shape index (κ3) is 6.58. The Labute approximate surface area is 175 Å². The van der Waals surface area contributed by atoms with Gasteiger partial charge in [-0.15, -0.1) is 11.8 Å². The van der Waals surface area contributed by atoms with Crippen LogP contribution >= 0.6 is 11.8 Å². The number of nitro benzene ring substituents is 1. The van der Waals surface area contributed by atoms with E-state index in [1.54, 1.807) is 17.0 Å². The van der Waals surface area contributed by atoms with Crippen molar-refractivity contribution in [3.8, 4) is 0 Å². The fourth-order valence-corrected chi connectivity index (χ4v) is 4.42. The Morgan fingerprint density at radius 1 is 1.07 bits per heavy atom. The second-order valence-corrected chi connectivity index (χ2v) is 8.95. The zero-order valence-electron chi connectivity index (χ0n) is 16.7. The van der Waals surface area contributed by atoms with Crippen LogP contribution in [-0.4, -0.2) is 29.2 Å². The third-order valence-electron chi connectivity index (χ3n) is 5.23.